The molecule has 0 N–H and O–H groups in total. The number of rotatable bonds is 5. The van der Waals surface area contributed by atoms with Crippen LogP contribution in [0.1, 0.15) is 42.7 Å². The van der Waals surface area contributed by atoms with Crippen LogP contribution < -0.4 is 9.64 Å². The second-order valence-corrected chi connectivity index (χ2v) is 8.94. The van der Waals surface area contributed by atoms with Crippen LogP contribution in [0.5, 0.6) is 5.75 Å². The van der Waals surface area contributed by atoms with Gasteiger partial charge in [0.1, 0.15) is 11.4 Å². The number of hydrogen-bond donors (Lipinski definition) is 0. The van der Waals surface area contributed by atoms with E-state index in [0.29, 0.717) is 44.6 Å². The molecule has 0 bridgehead atoms. The molecular formula is C24H25F3N2O3. The minimum absolute atomic E-state index is 0.0748. The Morgan fingerprint density at radius 3 is 2.44 bits per heavy atom. The summed E-state index contributed by atoms with van der Waals surface area (Å²) in [6.45, 7) is 2.46. The van der Waals surface area contributed by atoms with Crippen molar-refractivity contribution in [2.75, 3.05) is 24.5 Å². The molecule has 2 saturated heterocycles. The number of ether oxygens (including phenoxy) is 2. The average Bonchev–Trinajstić information content (AvgIpc) is 3.54. The van der Waals surface area contributed by atoms with Crippen molar-refractivity contribution in [2.24, 2.45) is 0 Å². The summed E-state index contributed by atoms with van der Waals surface area (Å²) in [5.41, 5.74) is 1.75. The van der Waals surface area contributed by atoms with E-state index in [0.717, 1.165) is 24.1 Å². The summed E-state index contributed by atoms with van der Waals surface area (Å²) in [6.07, 6.45) is -1.84. The van der Waals surface area contributed by atoms with Crippen molar-refractivity contribution in [1.29, 1.82) is 0 Å². The highest BCUT2D eigenvalue weighted by molar-refractivity contribution is 5.90. The van der Waals surface area contributed by atoms with E-state index < -0.39 is 12.0 Å². The number of alkyl halides is 3. The molecule has 5 rings (SSSR count). The average molecular weight is 446 g/mol. The molecule has 0 unspecified atom stereocenters. The number of halogens is 3. The van der Waals surface area contributed by atoms with Crippen molar-refractivity contribution in [1.82, 2.24) is 4.90 Å². The molecule has 32 heavy (non-hydrogen) atoms. The molecule has 2 aromatic rings. The SMILES string of the molecule is O=C1OC2(CCN(Cc3ccc(C4CC4)c(OC(F)(F)F)c3)CC2)CN1c1ccccc1. The first-order valence-electron chi connectivity index (χ1n) is 11.0. The number of likely N-dealkylation sites (tertiary alicyclic amines) is 1. The highest BCUT2D eigenvalue weighted by atomic mass is 19.4. The number of piperidine rings is 1. The Labute approximate surface area is 184 Å². The smallest absolute Gasteiger partial charge is 0.441 e. The van der Waals surface area contributed by atoms with Gasteiger partial charge in [0.15, 0.2) is 0 Å². The van der Waals surface area contributed by atoms with Crippen molar-refractivity contribution in [3.05, 3.63) is 59.7 Å². The molecule has 1 amide bonds. The topological polar surface area (TPSA) is 42.0 Å². The lowest BCUT2D eigenvalue weighted by Gasteiger charge is -2.37. The highest BCUT2D eigenvalue weighted by Gasteiger charge is 2.47. The van der Waals surface area contributed by atoms with Gasteiger partial charge in [0.05, 0.1) is 6.54 Å². The van der Waals surface area contributed by atoms with Gasteiger partial charge in [-0.1, -0.05) is 30.3 Å². The maximum Gasteiger partial charge on any atom is 0.573 e. The van der Waals surface area contributed by atoms with Gasteiger partial charge in [-0.2, -0.15) is 0 Å². The van der Waals surface area contributed by atoms with Crippen molar-refractivity contribution >= 4 is 11.8 Å². The molecule has 0 atom stereocenters. The Kier molecular flexibility index (Phi) is 5.28. The van der Waals surface area contributed by atoms with Crippen molar-refractivity contribution in [3.8, 4) is 5.75 Å². The Hall–Kier alpha value is -2.74. The minimum Gasteiger partial charge on any atom is -0.441 e. The predicted octanol–water partition coefficient (Wildman–Crippen LogP) is 5.45. The van der Waals surface area contributed by atoms with Crippen LogP contribution in [0.2, 0.25) is 0 Å². The third kappa shape index (κ3) is 4.55. The van der Waals surface area contributed by atoms with Gasteiger partial charge in [-0.15, -0.1) is 13.2 Å². The van der Waals surface area contributed by atoms with Crippen LogP contribution in [0.25, 0.3) is 0 Å². The molecular weight excluding hydrogens is 421 g/mol. The third-order valence-electron chi connectivity index (χ3n) is 6.53. The Morgan fingerprint density at radius 2 is 1.78 bits per heavy atom. The fourth-order valence-electron chi connectivity index (χ4n) is 4.69. The van der Waals surface area contributed by atoms with Crippen molar-refractivity contribution < 1.29 is 27.4 Å². The maximum absolute atomic E-state index is 12.9. The van der Waals surface area contributed by atoms with Gasteiger partial charge in [0.25, 0.3) is 0 Å². The monoisotopic (exact) mass is 446 g/mol. The summed E-state index contributed by atoms with van der Waals surface area (Å²) in [6, 6.07) is 14.7. The number of para-hydroxylation sites is 1. The van der Waals surface area contributed by atoms with Crippen LogP contribution in [0.4, 0.5) is 23.7 Å². The largest absolute Gasteiger partial charge is 0.573 e. The number of amides is 1. The van der Waals surface area contributed by atoms with Crippen LogP contribution in [-0.4, -0.2) is 42.6 Å². The molecule has 0 aromatic heterocycles. The van der Waals surface area contributed by atoms with Crippen molar-refractivity contribution in [2.45, 2.75) is 50.1 Å². The molecule has 5 nitrogen and oxygen atoms in total. The van der Waals surface area contributed by atoms with E-state index in [1.165, 1.54) is 6.07 Å². The minimum atomic E-state index is -4.70. The Balaban J connectivity index is 1.23. The van der Waals surface area contributed by atoms with Gasteiger partial charge in [-0.25, -0.2) is 4.79 Å². The molecule has 3 aliphatic rings. The molecule has 0 radical (unpaired) electrons. The number of anilines is 1. The van der Waals surface area contributed by atoms with Gasteiger partial charge in [0.2, 0.25) is 0 Å². The van der Waals surface area contributed by atoms with E-state index in [4.69, 9.17) is 4.74 Å². The molecule has 8 heteroatoms. The zero-order valence-electron chi connectivity index (χ0n) is 17.6. The van der Waals surface area contributed by atoms with Crippen LogP contribution in [0, 0.1) is 0 Å². The van der Waals surface area contributed by atoms with Crippen LogP contribution in [-0.2, 0) is 11.3 Å². The summed E-state index contributed by atoms with van der Waals surface area (Å²) in [4.78, 5) is 16.3. The fourth-order valence-corrected chi connectivity index (χ4v) is 4.69. The summed E-state index contributed by atoms with van der Waals surface area (Å²) < 4.78 is 48.7. The number of carbonyl (C=O) groups excluding carboxylic acids is 1. The second kappa shape index (κ2) is 7.99. The molecule has 2 aromatic carbocycles. The van der Waals surface area contributed by atoms with Gasteiger partial charge < -0.3 is 9.47 Å². The van der Waals surface area contributed by atoms with Gasteiger partial charge in [0, 0.05) is 38.2 Å². The zero-order chi connectivity index (χ0) is 22.3. The van der Waals surface area contributed by atoms with E-state index in [2.05, 4.69) is 9.64 Å². The molecule has 2 aliphatic heterocycles. The number of nitrogens with zero attached hydrogens (tertiary/aromatic N) is 2. The van der Waals surface area contributed by atoms with E-state index >= 15 is 0 Å². The lowest BCUT2D eigenvalue weighted by atomic mass is 9.91. The third-order valence-corrected chi connectivity index (χ3v) is 6.53. The van der Waals surface area contributed by atoms with Crippen LogP contribution >= 0.6 is 0 Å². The Morgan fingerprint density at radius 1 is 1.06 bits per heavy atom. The van der Waals surface area contributed by atoms with Crippen molar-refractivity contribution in [3.63, 3.8) is 0 Å². The molecule has 2 heterocycles. The fraction of sp³-hybridized carbons (Fsp3) is 0.458. The Bertz CT molecular complexity index is 984. The van der Waals surface area contributed by atoms with Gasteiger partial charge in [-0.05, 0) is 48.1 Å². The number of carbonyl (C=O) groups is 1. The lowest BCUT2D eigenvalue weighted by Crippen LogP contribution is -2.46. The maximum atomic E-state index is 12.9. The summed E-state index contributed by atoms with van der Waals surface area (Å²) in [5, 5.41) is 0. The van der Waals surface area contributed by atoms with Crippen LogP contribution in [0.15, 0.2) is 48.5 Å². The van der Waals surface area contributed by atoms with Gasteiger partial charge >= 0.3 is 12.5 Å². The molecule has 1 spiro atoms. The number of benzene rings is 2. The molecule has 170 valence electrons. The first-order chi connectivity index (χ1) is 15.3. The highest BCUT2D eigenvalue weighted by Crippen LogP contribution is 2.45. The standard InChI is InChI=1S/C24H25F3N2O3/c25-24(26,27)31-21-14-17(6-9-20(21)18-7-8-18)15-28-12-10-23(11-13-28)16-29(22(30)32-23)19-4-2-1-3-5-19/h1-6,9,14,18H,7-8,10-13,15-16H2. The first kappa shape index (κ1) is 21.1. The lowest BCUT2D eigenvalue weighted by molar-refractivity contribution is -0.274. The van der Waals surface area contributed by atoms with E-state index in [-0.39, 0.29) is 17.8 Å². The second-order valence-electron chi connectivity index (χ2n) is 8.94. The summed E-state index contributed by atoms with van der Waals surface area (Å²) in [5.74, 6) is 0.0927. The molecule has 3 fully saturated rings. The van der Waals surface area contributed by atoms with E-state index in [9.17, 15) is 18.0 Å². The van der Waals surface area contributed by atoms with E-state index in [1.54, 1.807) is 11.0 Å². The number of hydrogen-bond acceptors (Lipinski definition) is 4. The normalized spacial score (nSPS) is 21.1. The summed E-state index contributed by atoms with van der Waals surface area (Å²) in [7, 11) is 0. The van der Waals surface area contributed by atoms with Gasteiger partial charge in [-0.3, -0.25) is 9.80 Å². The quantitative estimate of drug-likeness (QED) is 0.612. The first-order valence-corrected chi connectivity index (χ1v) is 11.0. The molecule has 1 saturated carbocycles. The van der Waals surface area contributed by atoms with Crippen LogP contribution in [0.3, 0.4) is 0 Å². The predicted molar refractivity (Wildman–Crippen MR) is 113 cm³/mol. The summed E-state index contributed by atoms with van der Waals surface area (Å²) >= 11 is 0. The molecule has 1 aliphatic carbocycles. The van der Waals surface area contributed by atoms with E-state index in [1.807, 2.05) is 36.4 Å². The zero-order valence-corrected chi connectivity index (χ0v) is 17.6.